The molecule has 1 heterocycles. The summed E-state index contributed by atoms with van der Waals surface area (Å²) in [7, 11) is 0. The third-order valence-electron chi connectivity index (χ3n) is 5.84. The number of allylic oxidation sites excluding steroid dienone is 2. The van der Waals surface area contributed by atoms with Crippen LogP contribution >= 0.6 is 0 Å². The molecule has 9 nitrogen and oxygen atoms in total. The lowest BCUT2D eigenvalue weighted by atomic mass is 9.63. The van der Waals surface area contributed by atoms with Crippen LogP contribution in [-0.4, -0.2) is 33.8 Å². The second-order valence-electron chi connectivity index (χ2n) is 7.47. The number of amides is 4. The van der Waals surface area contributed by atoms with Crippen LogP contribution in [0.15, 0.2) is 36.4 Å². The lowest BCUT2D eigenvalue weighted by Gasteiger charge is -2.38. The van der Waals surface area contributed by atoms with Crippen molar-refractivity contribution < 1.29 is 19.3 Å². The molecule has 2 fully saturated rings. The molecule has 1 aromatic carbocycles. The molecule has 2 N–H and O–H groups in total. The van der Waals surface area contributed by atoms with E-state index in [0.29, 0.717) is 0 Å². The average molecular weight is 384 g/mol. The lowest BCUT2D eigenvalue weighted by molar-refractivity contribution is -0.384. The smallest absolute Gasteiger partial charge is 0.317 e. The van der Waals surface area contributed by atoms with Gasteiger partial charge in [0.05, 0.1) is 16.8 Å². The van der Waals surface area contributed by atoms with Crippen molar-refractivity contribution in [3.05, 3.63) is 46.5 Å². The first-order valence-electron chi connectivity index (χ1n) is 9.24. The van der Waals surface area contributed by atoms with Crippen molar-refractivity contribution >= 4 is 29.2 Å². The molecule has 9 heteroatoms. The van der Waals surface area contributed by atoms with Gasteiger partial charge in [-0.1, -0.05) is 18.2 Å². The highest BCUT2D eigenvalue weighted by Gasteiger charge is 2.57. The minimum atomic E-state index is -0.816. The fourth-order valence-corrected chi connectivity index (χ4v) is 4.60. The zero-order valence-corrected chi connectivity index (χ0v) is 15.2. The summed E-state index contributed by atoms with van der Waals surface area (Å²) in [6.07, 6.45) is 5.08. The quantitative estimate of drug-likeness (QED) is 0.357. The van der Waals surface area contributed by atoms with Gasteiger partial charge >= 0.3 is 6.03 Å². The van der Waals surface area contributed by atoms with Crippen molar-refractivity contribution in [2.45, 2.75) is 25.9 Å². The number of urea groups is 1. The van der Waals surface area contributed by atoms with Gasteiger partial charge in [0.2, 0.25) is 11.8 Å². The Hall–Kier alpha value is -3.23. The summed E-state index contributed by atoms with van der Waals surface area (Å²) in [6.45, 7) is 1.58. The number of imide groups is 1. The molecule has 1 saturated carbocycles. The van der Waals surface area contributed by atoms with Crippen molar-refractivity contribution in [1.82, 2.24) is 10.2 Å². The highest BCUT2D eigenvalue weighted by molar-refractivity contribution is 6.06. The number of nitrogens with one attached hydrogen (secondary N) is 2. The summed E-state index contributed by atoms with van der Waals surface area (Å²) in [5.74, 6) is -0.972. The average Bonchev–Trinajstić information content (AvgIpc) is 2.95. The SMILES string of the molecule is CC(NC(=O)Nc1cccc([N+](=O)[O-])c1)N1C(=O)C2C3C=CC(CC3)C2C1=O. The first-order chi connectivity index (χ1) is 13.4. The van der Waals surface area contributed by atoms with E-state index in [1.807, 2.05) is 12.2 Å². The number of hydrogen-bond donors (Lipinski definition) is 2. The van der Waals surface area contributed by atoms with Gasteiger partial charge in [0.1, 0.15) is 6.17 Å². The Morgan fingerprint density at radius 2 is 1.79 bits per heavy atom. The summed E-state index contributed by atoms with van der Waals surface area (Å²) >= 11 is 0. The van der Waals surface area contributed by atoms with Gasteiger partial charge in [-0.2, -0.15) is 0 Å². The number of carbonyl (C=O) groups excluding carboxylic acids is 3. The van der Waals surface area contributed by atoms with Crippen molar-refractivity contribution in [1.29, 1.82) is 0 Å². The maximum atomic E-state index is 12.9. The summed E-state index contributed by atoms with van der Waals surface area (Å²) in [5, 5.41) is 15.9. The van der Waals surface area contributed by atoms with Crippen LogP contribution in [0.2, 0.25) is 0 Å². The predicted molar refractivity (Wildman–Crippen MR) is 98.9 cm³/mol. The number of non-ortho nitro benzene ring substituents is 1. The van der Waals surface area contributed by atoms with Crippen LogP contribution in [0.4, 0.5) is 16.2 Å². The van der Waals surface area contributed by atoms with E-state index in [1.54, 1.807) is 6.92 Å². The molecule has 4 amide bonds. The standard InChI is InChI=1S/C19H20N4O5/c1-10(20-19(26)21-13-3-2-4-14(9-13)23(27)28)22-17(24)15-11-5-6-12(8-7-11)16(15)18(22)25/h2-6,9-12,15-16H,7-8H2,1H3,(H2,20,21,26). The molecule has 146 valence electrons. The third kappa shape index (κ3) is 2.92. The number of benzene rings is 1. The number of anilines is 1. The van der Waals surface area contributed by atoms with Gasteiger partial charge in [-0.3, -0.25) is 24.6 Å². The van der Waals surface area contributed by atoms with Gasteiger partial charge in [0.15, 0.2) is 0 Å². The molecular formula is C19H20N4O5. The van der Waals surface area contributed by atoms with E-state index in [-0.39, 0.29) is 46.9 Å². The Kier molecular flexibility index (Phi) is 4.37. The Labute approximate surface area is 160 Å². The van der Waals surface area contributed by atoms with E-state index < -0.39 is 17.1 Å². The molecule has 28 heavy (non-hydrogen) atoms. The van der Waals surface area contributed by atoms with Gasteiger partial charge < -0.3 is 10.6 Å². The second-order valence-corrected chi connectivity index (χ2v) is 7.47. The van der Waals surface area contributed by atoms with E-state index in [0.717, 1.165) is 17.7 Å². The van der Waals surface area contributed by atoms with Crippen LogP contribution < -0.4 is 10.6 Å². The summed E-state index contributed by atoms with van der Waals surface area (Å²) in [4.78, 5) is 49.4. The molecule has 1 aliphatic heterocycles. The molecule has 2 bridgehead atoms. The van der Waals surface area contributed by atoms with Crippen molar-refractivity contribution in [3.63, 3.8) is 0 Å². The van der Waals surface area contributed by atoms with E-state index in [9.17, 15) is 24.5 Å². The molecule has 3 aliphatic carbocycles. The monoisotopic (exact) mass is 384 g/mol. The Morgan fingerprint density at radius 1 is 1.18 bits per heavy atom. The van der Waals surface area contributed by atoms with Gasteiger partial charge in [0.25, 0.3) is 5.69 Å². The highest BCUT2D eigenvalue weighted by Crippen LogP contribution is 2.49. The number of hydrogen-bond acceptors (Lipinski definition) is 5. The number of nitrogens with zero attached hydrogens (tertiary/aromatic N) is 2. The number of carbonyl (C=O) groups is 3. The lowest BCUT2D eigenvalue weighted by Crippen LogP contribution is -2.50. The van der Waals surface area contributed by atoms with Gasteiger partial charge in [-0.05, 0) is 37.7 Å². The molecule has 5 atom stereocenters. The van der Waals surface area contributed by atoms with Crippen LogP contribution in [-0.2, 0) is 9.59 Å². The van der Waals surface area contributed by atoms with Gasteiger partial charge in [-0.15, -0.1) is 0 Å². The Morgan fingerprint density at radius 3 is 2.32 bits per heavy atom. The molecule has 0 spiro atoms. The van der Waals surface area contributed by atoms with E-state index >= 15 is 0 Å². The maximum absolute atomic E-state index is 12.9. The predicted octanol–water partition coefficient (Wildman–Crippen LogP) is 2.26. The Bertz CT molecular complexity index is 866. The molecule has 1 saturated heterocycles. The number of fused-ring (bicyclic) bond motifs is 1. The second kappa shape index (κ2) is 6.74. The van der Waals surface area contributed by atoms with Crippen molar-refractivity contribution in [3.8, 4) is 0 Å². The van der Waals surface area contributed by atoms with Crippen LogP contribution in [0.3, 0.4) is 0 Å². The topological polar surface area (TPSA) is 122 Å². The molecule has 0 radical (unpaired) electrons. The first kappa shape index (κ1) is 18.1. The van der Waals surface area contributed by atoms with E-state index in [1.165, 1.54) is 24.3 Å². The number of nitro benzene ring substituents is 1. The van der Waals surface area contributed by atoms with Crippen LogP contribution in [0.1, 0.15) is 19.8 Å². The van der Waals surface area contributed by atoms with E-state index in [4.69, 9.17) is 0 Å². The number of likely N-dealkylation sites (tertiary alicyclic amines) is 1. The largest absolute Gasteiger partial charge is 0.320 e. The minimum Gasteiger partial charge on any atom is -0.317 e. The van der Waals surface area contributed by atoms with Crippen molar-refractivity contribution in [2.75, 3.05) is 5.32 Å². The normalized spacial score (nSPS) is 28.8. The van der Waals surface area contributed by atoms with Crippen LogP contribution in [0.25, 0.3) is 0 Å². The number of nitro groups is 1. The van der Waals surface area contributed by atoms with Crippen LogP contribution in [0.5, 0.6) is 0 Å². The highest BCUT2D eigenvalue weighted by atomic mass is 16.6. The molecule has 5 unspecified atom stereocenters. The van der Waals surface area contributed by atoms with E-state index in [2.05, 4.69) is 10.6 Å². The summed E-state index contributed by atoms with van der Waals surface area (Å²) < 4.78 is 0. The summed E-state index contributed by atoms with van der Waals surface area (Å²) in [5.41, 5.74) is 0.0942. The van der Waals surface area contributed by atoms with Crippen LogP contribution in [0, 0.1) is 33.8 Å². The third-order valence-corrected chi connectivity index (χ3v) is 5.84. The maximum Gasteiger partial charge on any atom is 0.320 e. The summed E-state index contributed by atoms with van der Waals surface area (Å²) in [6, 6.07) is 4.87. The molecule has 1 aromatic rings. The molecular weight excluding hydrogens is 364 g/mol. The fourth-order valence-electron chi connectivity index (χ4n) is 4.60. The zero-order valence-electron chi connectivity index (χ0n) is 15.2. The Balaban J connectivity index is 1.44. The first-order valence-corrected chi connectivity index (χ1v) is 9.24. The van der Waals surface area contributed by atoms with Gasteiger partial charge in [0, 0.05) is 17.8 Å². The molecule has 4 aliphatic rings. The molecule has 0 aromatic heterocycles. The van der Waals surface area contributed by atoms with Crippen molar-refractivity contribution in [2.24, 2.45) is 23.7 Å². The zero-order chi connectivity index (χ0) is 20.0. The van der Waals surface area contributed by atoms with Gasteiger partial charge in [-0.25, -0.2) is 4.79 Å². The minimum absolute atomic E-state index is 0.0855. The molecule has 5 rings (SSSR count). The number of rotatable bonds is 4. The fraction of sp³-hybridized carbons (Fsp3) is 0.421.